The number of ether oxygens (including phenoxy) is 1. The molecule has 4 heteroatoms. The Morgan fingerprint density at radius 2 is 2.07 bits per heavy atom. The Balaban J connectivity index is 2.49. The molecule has 0 unspecified atom stereocenters. The molecule has 2 heterocycles. The van der Waals surface area contributed by atoms with Gasteiger partial charge in [0.15, 0.2) is 0 Å². The van der Waals surface area contributed by atoms with E-state index in [2.05, 4.69) is 9.97 Å². The summed E-state index contributed by atoms with van der Waals surface area (Å²) in [7, 11) is 1.54. The van der Waals surface area contributed by atoms with Crippen molar-refractivity contribution in [3.63, 3.8) is 0 Å². The number of hydrogen-bond acceptors (Lipinski definition) is 3. The van der Waals surface area contributed by atoms with Crippen molar-refractivity contribution in [2.45, 2.75) is 0 Å². The van der Waals surface area contributed by atoms with Crippen LogP contribution in [0.2, 0.25) is 0 Å². The molecular weight excluding hydrogens is 195 g/mol. The molecular formula is C11H9FN2O. The Morgan fingerprint density at radius 3 is 2.73 bits per heavy atom. The minimum absolute atomic E-state index is 0.499. The third-order valence-electron chi connectivity index (χ3n) is 2.00. The van der Waals surface area contributed by atoms with E-state index in [1.807, 2.05) is 6.07 Å². The van der Waals surface area contributed by atoms with Gasteiger partial charge in [-0.25, -0.2) is 9.97 Å². The fourth-order valence-electron chi connectivity index (χ4n) is 1.31. The molecule has 0 fully saturated rings. The summed E-state index contributed by atoms with van der Waals surface area (Å²) in [6.45, 7) is 0. The van der Waals surface area contributed by atoms with E-state index in [0.29, 0.717) is 5.88 Å². The fourth-order valence-corrected chi connectivity index (χ4v) is 1.31. The van der Waals surface area contributed by atoms with Crippen molar-refractivity contribution in [1.29, 1.82) is 0 Å². The Bertz CT molecular complexity index is 456. The molecule has 0 N–H and O–H groups in total. The summed E-state index contributed by atoms with van der Waals surface area (Å²) in [4.78, 5) is 7.63. The van der Waals surface area contributed by atoms with E-state index >= 15 is 0 Å². The maximum Gasteiger partial charge on any atom is 0.221 e. The highest BCUT2D eigenvalue weighted by Gasteiger charge is 2.06. The molecule has 0 saturated heterocycles. The number of halogens is 1. The summed E-state index contributed by atoms with van der Waals surface area (Å²) in [5.74, 6) is 0.00696. The summed E-state index contributed by atoms with van der Waals surface area (Å²) in [6.07, 6.45) is 3.09. The second kappa shape index (κ2) is 4.04. The summed E-state index contributed by atoms with van der Waals surface area (Å²) in [5, 5.41) is 0. The SMILES string of the molecule is COc1ncccc1-c1ccc(F)nc1. The molecule has 2 aromatic heterocycles. The number of hydrogen-bond donors (Lipinski definition) is 0. The highest BCUT2D eigenvalue weighted by molar-refractivity contribution is 5.67. The van der Waals surface area contributed by atoms with E-state index in [4.69, 9.17) is 4.74 Å². The van der Waals surface area contributed by atoms with E-state index < -0.39 is 5.95 Å². The molecule has 0 aliphatic rings. The zero-order chi connectivity index (χ0) is 10.7. The third kappa shape index (κ3) is 1.93. The zero-order valence-corrected chi connectivity index (χ0v) is 8.14. The van der Waals surface area contributed by atoms with Crippen LogP contribution < -0.4 is 4.74 Å². The fraction of sp³-hybridized carbons (Fsp3) is 0.0909. The summed E-state index contributed by atoms with van der Waals surface area (Å²) in [6, 6.07) is 6.59. The van der Waals surface area contributed by atoms with Gasteiger partial charge < -0.3 is 4.74 Å². The van der Waals surface area contributed by atoms with Crippen molar-refractivity contribution in [2.24, 2.45) is 0 Å². The first kappa shape index (κ1) is 9.58. The van der Waals surface area contributed by atoms with Gasteiger partial charge in [-0.2, -0.15) is 4.39 Å². The number of pyridine rings is 2. The van der Waals surface area contributed by atoms with Gasteiger partial charge >= 0.3 is 0 Å². The van der Waals surface area contributed by atoms with Crippen LogP contribution in [-0.2, 0) is 0 Å². The van der Waals surface area contributed by atoms with Crippen molar-refractivity contribution in [2.75, 3.05) is 7.11 Å². The van der Waals surface area contributed by atoms with Crippen LogP contribution in [0.15, 0.2) is 36.7 Å². The largest absolute Gasteiger partial charge is 0.481 e. The maximum atomic E-state index is 12.6. The van der Waals surface area contributed by atoms with Crippen molar-refractivity contribution < 1.29 is 9.13 Å². The van der Waals surface area contributed by atoms with Crippen LogP contribution >= 0.6 is 0 Å². The molecule has 3 nitrogen and oxygen atoms in total. The molecule has 0 spiro atoms. The summed E-state index contributed by atoms with van der Waals surface area (Å²) in [5.41, 5.74) is 1.58. The summed E-state index contributed by atoms with van der Waals surface area (Å²) < 4.78 is 17.7. The quantitative estimate of drug-likeness (QED) is 0.704. The van der Waals surface area contributed by atoms with Crippen LogP contribution in [0.4, 0.5) is 4.39 Å². The van der Waals surface area contributed by atoms with Gasteiger partial charge in [0, 0.05) is 23.5 Å². The van der Waals surface area contributed by atoms with Crippen LogP contribution in [0.25, 0.3) is 11.1 Å². The van der Waals surface area contributed by atoms with E-state index in [-0.39, 0.29) is 0 Å². The molecule has 0 bridgehead atoms. The highest BCUT2D eigenvalue weighted by atomic mass is 19.1. The van der Waals surface area contributed by atoms with Gasteiger partial charge in [-0.05, 0) is 24.3 Å². The molecule has 0 radical (unpaired) electrons. The smallest absolute Gasteiger partial charge is 0.221 e. The molecule has 0 aromatic carbocycles. The molecule has 0 amide bonds. The minimum Gasteiger partial charge on any atom is -0.481 e. The Morgan fingerprint density at radius 1 is 1.20 bits per heavy atom. The van der Waals surface area contributed by atoms with E-state index in [0.717, 1.165) is 11.1 Å². The number of methoxy groups -OCH3 is 1. The minimum atomic E-state index is -0.499. The second-order valence-corrected chi connectivity index (χ2v) is 2.93. The van der Waals surface area contributed by atoms with Crippen molar-refractivity contribution in [1.82, 2.24) is 9.97 Å². The topological polar surface area (TPSA) is 35.0 Å². The molecule has 0 atom stereocenters. The molecule has 2 rings (SSSR count). The first-order valence-electron chi connectivity index (χ1n) is 4.42. The highest BCUT2D eigenvalue weighted by Crippen LogP contribution is 2.26. The normalized spacial score (nSPS) is 10.0. The monoisotopic (exact) mass is 204 g/mol. The van der Waals surface area contributed by atoms with Crippen LogP contribution in [0.3, 0.4) is 0 Å². The number of nitrogens with zero attached hydrogens (tertiary/aromatic N) is 2. The Hall–Kier alpha value is -1.97. The molecule has 0 aliphatic carbocycles. The molecule has 2 aromatic rings. The van der Waals surface area contributed by atoms with Gasteiger partial charge in [0.1, 0.15) is 0 Å². The zero-order valence-electron chi connectivity index (χ0n) is 8.14. The molecule has 0 saturated carbocycles. The predicted molar refractivity (Wildman–Crippen MR) is 54.0 cm³/mol. The second-order valence-electron chi connectivity index (χ2n) is 2.93. The number of rotatable bonds is 2. The van der Waals surface area contributed by atoms with Gasteiger partial charge in [-0.1, -0.05) is 0 Å². The van der Waals surface area contributed by atoms with Crippen molar-refractivity contribution >= 4 is 0 Å². The Kier molecular flexibility index (Phi) is 2.58. The van der Waals surface area contributed by atoms with E-state index in [9.17, 15) is 4.39 Å². The third-order valence-corrected chi connectivity index (χ3v) is 2.00. The lowest BCUT2D eigenvalue weighted by molar-refractivity contribution is 0.399. The lowest BCUT2D eigenvalue weighted by atomic mass is 10.1. The lowest BCUT2D eigenvalue weighted by Crippen LogP contribution is -1.91. The maximum absolute atomic E-state index is 12.6. The van der Waals surface area contributed by atoms with Crippen LogP contribution in [-0.4, -0.2) is 17.1 Å². The summed E-state index contributed by atoms with van der Waals surface area (Å²) >= 11 is 0. The Labute approximate surface area is 86.6 Å². The van der Waals surface area contributed by atoms with Gasteiger partial charge in [-0.3, -0.25) is 0 Å². The molecule has 15 heavy (non-hydrogen) atoms. The van der Waals surface area contributed by atoms with Crippen molar-refractivity contribution in [3.8, 4) is 17.0 Å². The average Bonchev–Trinajstić information content (AvgIpc) is 2.30. The van der Waals surface area contributed by atoms with E-state index in [1.165, 1.54) is 12.3 Å². The van der Waals surface area contributed by atoms with Gasteiger partial charge in [0.05, 0.1) is 7.11 Å². The van der Waals surface area contributed by atoms with Crippen molar-refractivity contribution in [3.05, 3.63) is 42.6 Å². The lowest BCUT2D eigenvalue weighted by Gasteiger charge is -2.05. The average molecular weight is 204 g/mol. The van der Waals surface area contributed by atoms with Crippen LogP contribution in [0, 0.1) is 5.95 Å². The first-order valence-corrected chi connectivity index (χ1v) is 4.42. The molecule has 76 valence electrons. The van der Waals surface area contributed by atoms with E-state index in [1.54, 1.807) is 25.4 Å². The standard InChI is InChI=1S/C11H9FN2O/c1-15-11-9(3-2-6-13-11)8-4-5-10(12)14-7-8/h2-7H,1H3. The predicted octanol–water partition coefficient (Wildman–Crippen LogP) is 2.29. The van der Waals surface area contributed by atoms with Gasteiger partial charge in [0.2, 0.25) is 11.8 Å². The van der Waals surface area contributed by atoms with Crippen LogP contribution in [0.1, 0.15) is 0 Å². The number of aromatic nitrogens is 2. The van der Waals surface area contributed by atoms with Crippen LogP contribution in [0.5, 0.6) is 5.88 Å². The first-order chi connectivity index (χ1) is 7.31. The van der Waals surface area contributed by atoms with Gasteiger partial charge in [0.25, 0.3) is 0 Å². The van der Waals surface area contributed by atoms with Gasteiger partial charge in [-0.15, -0.1) is 0 Å². The molecule has 0 aliphatic heterocycles.